The van der Waals surface area contributed by atoms with E-state index in [1.807, 2.05) is 0 Å². The van der Waals surface area contributed by atoms with Crippen molar-refractivity contribution in [3.05, 3.63) is 92.0 Å². The summed E-state index contributed by atoms with van der Waals surface area (Å²) in [6, 6.07) is 17.9. The molecular weight excluding hydrogens is 412 g/mol. The van der Waals surface area contributed by atoms with Crippen LogP contribution in [0.4, 0.5) is 0 Å². The van der Waals surface area contributed by atoms with Gasteiger partial charge in [-0.25, -0.2) is 0 Å². The summed E-state index contributed by atoms with van der Waals surface area (Å²) in [6.45, 7) is 2.24. The van der Waals surface area contributed by atoms with Gasteiger partial charge in [0.25, 0.3) is 0 Å². The van der Waals surface area contributed by atoms with E-state index < -0.39 is 23.2 Å². The SMILES string of the molecule is Cc1ccccc1PC1=Cc2ccccc2[CH]1[Zr+2][C]1=CC=CC1.[F-].[F-]. The summed E-state index contributed by atoms with van der Waals surface area (Å²) < 4.78 is 2.45. The minimum Gasteiger partial charge on any atom is -1.00 e. The summed E-state index contributed by atoms with van der Waals surface area (Å²) in [5.74, 6) is 0. The van der Waals surface area contributed by atoms with Crippen LogP contribution >= 0.6 is 8.58 Å². The van der Waals surface area contributed by atoms with Gasteiger partial charge < -0.3 is 9.41 Å². The second kappa shape index (κ2) is 8.97. The predicted molar refractivity (Wildman–Crippen MR) is 98.1 cm³/mol. The molecule has 2 aliphatic rings. The summed E-state index contributed by atoms with van der Waals surface area (Å²) in [5.41, 5.74) is 4.47. The van der Waals surface area contributed by atoms with Crippen molar-refractivity contribution in [2.75, 3.05) is 0 Å². The minimum absolute atomic E-state index is 0. The zero-order valence-corrected chi connectivity index (χ0v) is 17.4. The molecule has 0 fully saturated rings. The monoisotopic (exact) mass is 430 g/mol. The van der Waals surface area contributed by atoms with Gasteiger partial charge in [-0.1, -0.05) is 0 Å². The average molecular weight is 432 g/mol. The second-order valence-corrected chi connectivity index (χ2v) is 11.1. The van der Waals surface area contributed by atoms with Crippen LogP contribution < -0.4 is 14.7 Å². The maximum Gasteiger partial charge on any atom is -1.00 e. The zero-order chi connectivity index (χ0) is 15.6. The van der Waals surface area contributed by atoms with Gasteiger partial charge in [0.05, 0.1) is 0 Å². The Labute approximate surface area is 161 Å². The number of benzene rings is 2. The van der Waals surface area contributed by atoms with Crippen molar-refractivity contribution >= 4 is 20.0 Å². The van der Waals surface area contributed by atoms with Gasteiger partial charge in [-0.15, -0.1) is 0 Å². The van der Waals surface area contributed by atoms with Crippen LogP contribution in [0, 0.1) is 6.92 Å². The molecule has 2 atom stereocenters. The van der Waals surface area contributed by atoms with Gasteiger partial charge in [0.1, 0.15) is 0 Å². The molecule has 25 heavy (non-hydrogen) atoms. The molecule has 4 heteroatoms. The molecule has 0 aromatic heterocycles. The van der Waals surface area contributed by atoms with E-state index >= 15 is 0 Å². The number of hydrogen-bond donors (Lipinski definition) is 0. The summed E-state index contributed by atoms with van der Waals surface area (Å²) in [7, 11) is 0.812. The fourth-order valence-electron chi connectivity index (χ4n) is 3.20. The maximum absolute atomic E-state index is 2.48. The van der Waals surface area contributed by atoms with Gasteiger partial charge >= 0.3 is 152 Å². The van der Waals surface area contributed by atoms with Crippen molar-refractivity contribution in [1.82, 2.24) is 0 Å². The van der Waals surface area contributed by atoms with Gasteiger partial charge in [-0.2, -0.15) is 0 Å². The number of rotatable bonds is 4. The van der Waals surface area contributed by atoms with Gasteiger partial charge in [-0.05, 0) is 0 Å². The first-order chi connectivity index (χ1) is 11.3. The maximum atomic E-state index is 2.48. The quantitative estimate of drug-likeness (QED) is 0.564. The minimum atomic E-state index is -0.606. The summed E-state index contributed by atoms with van der Waals surface area (Å²) in [4.78, 5) is 0. The summed E-state index contributed by atoms with van der Waals surface area (Å²) in [5, 5.41) is 3.18. The normalized spacial score (nSPS) is 17.4. The molecule has 0 N–H and O–H groups in total. The number of fused-ring (bicyclic) bond motifs is 1. The van der Waals surface area contributed by atoms with E-state index in [4.69, 9.17) is 0 Å². The second-order valence-electron chi connectivity index (χ2n) is 6.07. The van der Waals surface area contributed by atoms with E-state index in [0.717, 1.165) is 12.2 Å². The van der Waals surface area contributed by atoms with Crippen molar-refractivity contribution < 1.29 is 32.6 Å². The van der Waals surface area contributed by atoms with Gasteiger partial charge in [-0.3, -0.25) is 0 Å². The fourth-order valence-corrected chi connectivity index (χ4v) is 9.03. The zero-order valence-electron chi connectivity index (χ0n) is 14.0. The third-order valence-electron chi connectivity index (χ3n) is 4.45. The van der Waals surface area contributed by atoms with Crippen molar-refractivity contribution in [2.45, 2.75) is 17.0 Å². The van der Waals surface area contributed by atoms with Gasteiger partial charge in [0, 0.05) is 0 Å². The molecule has 0 nitrogen and oxygen atoms in total. The first-order valence-electron chi connectivity index (χ1n) is 8.07. The Bertz CT molecular complexity index is 839. The van der Waals surface area contributed by atoms with Crippen LogP contribution in [0.1, 0.15) is 26.7 Å². The third-order valence-corrected chi connectivity index (χ3v) is 10.8. The largest absolute Gasteiger partial charge is 1.00 e. The molecule has 4 rings (SSSR count). The van der Waals surface area contributed by atoms with Crippen molar-refractivity contribution in [3.8, 4) is 0 Å². The molecule has 126 valence electrons. The van der Waals surface area contributed by atoms with Crippen LogP contribution in [0.3, 0.4) is 0 Å². The number of allylic oxidation sites excluding steroid dienone is 5. The molecule has 0 aliphatic heterocycles. The molecule has 2 aromatic carbocycles. The fraction of sp³-hybridized carbons (Fsp3) is 0.143. The first kappa shape index (κ1) is 20.1. The summed E-state index contributed by atoms with van der Waals surface area (Å²) in [6.07, 6.45) is 10.6. The van der Waals surface area contributed by atoms with Crippen LogP contribution in [0.15, 0.2) is 75.4 Å². The number of hydrogen-bond acceptors (Lipinski definition) is 0. The van der Waals surface area contributed by atoms with Crippen molar-refractivity contribution in [1.29, 1.82) is 0 Å². The third kappa shape index (κ3) is 4.33. The smallest absolute Gasteiger partial charge is 1.00 e. The van der Waals surface area contributed by atoms with E-state index in [-0.39, 0.29) is 9.41 Å². The Balaban J connectivity index is 0.00000113. The van der Waals surface area contributed by atoms with E-state index in [1.165, 1.54) is 22.9 Å². The van der Waals surface area contributed by atoms with Crippen molar-refractivity contribution in [2.24, 2.45) is 0 Å². The number of aryl methyl sites for hydroxylation is 1. The van der Waals surface area contributed by atoms with Crippen LogP contribution in [0.2, 0.25) is 0 Å². The Morgan fingerprint density at radius 3 is 2.52 bits per heavy atom. The molecule has 0 bridgehead atoms. The number of halogens is 2. The van der Waals surface area contributed by atoms with Gasteiger partial charge in [0.15, 0.2) is 0 Å². The molecule has 2 aromatic rings. The molecule has 0 saturated heterocycles. The molecule has 0 saturated carbocycles. The van der Waals surface area contributed by atoms with E-state index in [2.05, 4.69) is 79.8 Å². The van der Waals surface area contributed by atoms with E-state index in [1.54, 1.807) is 14.2 Å². The molecule has 2 unspecified atom stereocenters. The molecule has 2 aliphatic carbocycles. The molecule has 0 amide bonds. The molecule has 0 spiro atoms. The van der Waals surface area contributed by atoms with E-state index in [9.17, 15) is 0 Å². The average Bonchev–Trinajstić information content (AvgIpc) is 3.19. The summed E-state index contributed by atoms with van der Waals surface area (Å²) >= 11 is -0.606. The van der Waals surface area contributed by atoms with Crippen LogP contribution in [0.5, 0.6) is 0 Å². The van der Waals surface area contributed by atoms with Gasteiger partial charge in [0.2, 0.25) is 0 Å². The predicted octanol–water partition coefficient (Wildman–Crippen LogP) is -0.671. The Hall–Kier alpha value is -1.17. The molecule has 0 heterocycles. The Morgan fingerprint density at radius 1 is 1.00 bits per heavy atom. The van der Waals surface area contributed by atoms with Crippen LogP contribution in [0.25, 0.3) is 6.08 Å². The Kier molecular flexibility index (Phi) is 7.23. The van der Waals surface area contributed by atoms with Crippen LogP contribution in [-0.2, 0) is 23.2 Å². The van der Waals surface area contributed by atoms with Crippen LogP contribution in [-0.4, -0.2) is 0 Å². The topological polar surface area (TPSA) is 0 Å². The Morgan fingerprint density at radius 2 is 1.76 bits per heavy atom. The molecule has 0 radical (unpaired) electrons. The van der Waals surface area contributed by atoms with Crippen molar-refractivity contribution in [3.63, 3.8) is 0 Å². The molecular formula is C21H19F2PZr. The van der Waals surface area contributed by atoms with E-state index in [0.29, 0.717) is 0 Å². The first-order valence-corrected chi connectivity index (χ1v) is 11.7. The standard InChI is InChI=1S/C16H14P.C5H5.2FH.Zr/c1-12-6-2-5-9-16(12)17-15-10-13-7-3-4-8-14(13)11-15;1-2-4-5-3-1;;;/h2-11,17H,1H3;1-3H,4H2;2*1H;/q;;;;+2/p-2.